The van der Waals surface area contributed by atoms with Crippen molar-refractivity contribution in [1.82, 2.24) is 39.5 Å². The van der Waals surface area contributed by atoms with E-state index in [1.165, 1.54) is 0 Å². The Morgan fingerprint density at radius 1 is 0.281 bits per heavy atom. The lowest BCUT2D eigenvalue weighted by Gasteiger charge is -2.13. The average molecular weight is 731 g/mol. The minimum atomic E-state index is 0.301. The molecule has 0 atom stereocenters. The van der Waals surface area contributed by atoms with Crippen LogP contribution in [-0.2, 0) is 0 Å². The van der Waals surface area contributed by atoms with E-state index < -0.39 is 0 Å². The number of rotatable bonds is 7. The fourth-order valence-corrected chi connectivity index (χ4v) is 7.62. The van der Waals surface area contributed by atoms with Gasteiger partial charge >= 0.3 is 0 Å². The number of benzene rings is 7. The van der Waals surface area contributed by atoms with Crippen LogP contribution in [0.3, 0.4) is 0 Å². The highest BCUT2D eigenvalue weighted by Crippen LogP contribution is 2.39. The molecule has 4 aromatic heterocycles. The Morgan fingerprint density at radius 2 is 0.614 bits per heavy atom. The standard InChI is InChI=1S/C49H30N8/c1-5-15-31(16-6-1)37-29-38(32-17-7-2-8-18-32)51-45(50-37)47-54-48(46-52-39(33-19-9-3-10-20-33)30-40(53-46)34-21-11-4-12-22-34)56-49(55-47)57-41-25-13-23-35-27-28-36-24-14-26-42(57)44(36)43(35)41/h1-30H. The second-order valence-electron chi connectivity index (χ2n) is 13.8. The molecule has 4 heterocycles. The lowest BCUT2D eigenvalue weighted by Crippen LogP contribution is -2.09. The summed E-state index contributed by atoms with van der Waals surface area (Å²) in [6.07, 6.45) is 0. The molecular formula is C49H30N8. The average Bonchev–Trinajstić information content (AvgIpc) is 3.65. The molecule has 8 nitrogen and oxygen atoms in total. The smallest absolute Gasteiger partial charge is 0.239 e. The van der Waals surface area contributed by atoms with Crippen LogP contribution in [0, 0.1) is 0 Å². The molecule has 11 aromatic rings. The Kier molecular flexibility index (Phi) is 7.63. The van der Waals surface area contributed by atoms with E-state index in [9.17, 15) is 0 Å². The molecule has 0 aliphatic heterocycles. The van der Waals surface area contributed by atoms with Gasteiger partial charge in [-0.25, -0.2) is 24.9 Å². The highest BCUT2D eigenvalue weighted by atomic mass is 15.2. The van der Waals surface area contributed by atoms with Gasteiger partial charge in [0.25, 0.3) is 0 Å². The first-order chi connectivity index (χ1) is 28.2. The Bertz CT molecular complexity index is 2890. The minimum Gasteiger partial charge on any atom is -0.278 e. The van der Waals surface area contributed by atoms with E-state index >= 15 is 0 Å². The summed E-state index contributed by atoms with van der Waals surface area (Å²) in [4.78, 5) is 36.1. The summed E-state index contributed by atoms with van der Waals surface area (Å²) in [5.74, 6) is 1.73. The van der Waals surface area contributed by atoms with Gasteiger partial charge in [0.05, 0.1) is 33.8 Å². The second kappa shape index (κ2) is 13.4. The Balaban J connectivity index is 1.21. The molecule has 0 amide bonds. The molecule has 0 bridgehead atoms. The second-order valence-corrected chi connectivity index (χ2v) is 13.8. The van der Waals surface area contributed by atoms with Gasteiger partial charge in [-0.15, -0.1) is 0 Å². The van der Waals surface area contributed by atoms with Crippen molar-refractivity contribution >= 4 is 32.6 Å². The van der Waals surface area contributed by atoms with Crippen molar-refractivity contribution in [2.24, 2.45) is 0 Å². The summed E-state index contributed by atoms with van der Waals surface area (Å²) in [6, 6.07) is 61.4. The molecule has 0 unspecified atom stereocenters. The first-order valence-electron chi connectivity index (χ1n) is 18.7. The summed E-state index contributed by atoms with van der Waals surface area (Å²) in [7, 11) is 0. The predicted molar refractivity (Wildman–Crippen MR) is 227 cm³/mol. The van der Waals surface area contributed by atoms with Crippen LogP contribution in [0.5, 0.6) is 0 Å². The maximum Gasteiger partial charge on any atom is 0.239 e. The molecule has 266 valence electrons. The van der Waals surface area contributed by atoms with Gasteiger partial charge in [0, 0.05) is 33.0 Å². The van der Waals surface area contributed by atoms with Crippen LogP contribution in [0.15, 0.2) is 182 Å². The molecule has 0 saturated carbocycles. The van der Waals surface area contributed by atoms with Gasteiger partial charge in [0.15, 0.2) is 11.6 Å². The van der Waals surface area contributed by atoms with E-state index in [1.54, 1.807) is 0 Å². The number of nitrogens with zero attached hydrogens (tertiary/aromatic N) is 8. The van der Waals surface area contributed by atoms with Gasteiger partial charge < -0.3 is 0 Å². The van der Waals surface area contributed by atoms with Crippen molar-refractivity contribution in [1.29, 1.82) is 0 Å². The summed E-state index contributed by atoms with van der Waals surface area (Å²) in [5, 5.41) is 4.58. The van der Waals surface area contributed by atoms with Crippen LogP contribution in [0.4, 0.5) is 0 Å². The largest absolute Gasteiger partial charge is 0.278 e. The third kappa shape index (κ3) is 5.75. The van der Waals surface area contributed by atoms with E-state index in [4.69, 9.17) is 34.9 Å². The van der Waals surface area contributed by atoms with Crippen molar-refractivity contribution in [2.45, 2.75) is 0 Å². The van der Waals surface area contributed by atoms with Gasteiger partial charge in [-0.05, 0) is 35.0 Å². The monoisotopic (exact) mass is 730 g/mol. The summed E-state index contributed by atoms with van der Waals surface area (Å²) >= 11 is 0. The van der Waals surface area contributed by atoms with Crippen LogP contribution in [-0.4, -0.2) is 39.5 Å². The maximum atomic E-state index is 5.22. The summed E-state index contributed by atoms with van der Waals surface area (Å²) < 4.78 is 2.11. The predicted octanol–water partition coefficient (Wildman–Crippen LogP) is 11.1. The maximum absolute atomic E-state index is 5.22. The molecule has 0 saturated heterocycles. The topological polar surface area (TPSA) is 95.2 Å². The molecule has 0 N–H and O–H groups in total. The lowest BCUT2D eigenvalue weighted by molar-refractivity contribution is 0.928. The summed E-state index contributed by atoms with van der Waals surface area (Å²) in [5.41, 5.74) is 8.77. The first-order valence-corrected chi connectivity index (χ1v) is 18.7. The van der Waals surface area contributed by atoms with Crippen LogP contribution in [0.25, 0.3) is 107 Å². The van der Waals surface area contributed by atoms with Crippen molar-refractivity contribution in [2.75, 3.05) is 0 Å². The number of hydrogen-bond donors (Lipinski definition) is 0. The van der Waals surface area contributed by atoms with E-state index in [1.807, 2.05) is 133 Å². The third-order valence-corrected chi connectivity index (χ3v) is 10.3. The van der Waals surface area contributed by atoms with E-state index in [-0.39, 0.29) is 0 Å². The molecule has 0 fully saturated rings. The van der Waals surface area contributed by atoms with Crippen LogP contribution in [0.1, 0.15) is 0 Å². The van der Waals surface area contributed by atoms with Crippen molar-refractivity contribution in [3.05, 3.63) is 182 Å². The number of aromatic nitrogens is 8. The van der Waals surface area contributed by atoms with E-state index in [2.05, 4.69) is 53.1 Å². The Morgan fingerprint density at radius 3 is 0.965 bits per heavy atom. The molecule has 0 aliphatic carbocycles. The highest BCUT2D eigenvalue weighted by molar-refractivity contribution is 6.24. The molecular weight excluding hydrogens is 701 g/mol. The SMILES string of the molecule is c1ccc(-c2cc(-c3ccccc3)nc(-c3nc(-c4nc(-c5ccccc5)cc(-c5ccccc5)n4)nc(-n4c5cccc6ccc7cccc4c7c65)n3)n2)cc1. The van der Waals surface area contributed by atoms with Gasteiger partial charge in [-0.3, -0.25) is 4.57 Å². The molecule has 8 heteroatoms. The lowest BCUT2D eigenvalue weighted by atomic mass is 10.0. The van der Waals surface area contributed by atoms with Crippen LogP contribution < -0.4 is 0 Å². The van der Waals surface area contributed by atoms with Crippen molar-refractivity contribution in [3.63, 3.8) is 0 Å². The highest BCUT2D eigenvalue weighted by Gasteiger charge is 2.23. The quantitative estimate of drug-likeness (QED) is 0.151. The van der Waals surface area contributed by atoms with Gasteiger partial charge in [-0.2, -0.15) is 9.97 Å². The number of hydrogen-bond acceptors (Lipinski definition) is 7. The van der Waals surface area contributed by atoms with Gasteiger partial charge in [0.1, 0.15) is 0 Å². The Labute approximate surface area is 327 Å². The molecule has 0 radical (unpaired) electrons. The molecule has 0 aliphatic rings. The zero-order valence-corrected chi connectivity index (χ0v) is 30.4. The van der Waals surface area contributed by atoms with E-state index in [0.717, 1.165) is 77.6 Å². The van der Waals surface area contributed by atoms with Crippen molar-refractivity contribution < 1.29 is 0 Å². The molecule has 0 spiro atoms. The first kappa shape index (κ1) is 32.5. The zero-order valence-electron chi connectivity index (χ0n) is 30.4. The minimum absolute atomic E-state index is 0.301. The normalized spacial score (nSPS) is 11.5. The summed E-state index contributed by atoms with van der Waals surface area (Å²) in [6.45, 7) is 0. The zero-order chi connectivity index (χ0) is 37.7. The van der Waals surface area contributed by atoms with Crippen LogP contribution >= 0.6 is 0 Å². The molecule has 57 heavy (non-hydrogen) atoms. The Hall–Kier alpha value is -7.97. The van der Waals surface area contributed by atoms with Gasteiger partial charge in [0.2, 0.25) is 17.6 Å². The van der Waals surface area contributed by atoms with E-state index in [0.29, 0.717) is 29.2 Å². The third-order valence-electron chi connectivity index (χ3n) is 10.3. The van der Waals surface area contributed by atoms with Crippen molar-refractivity contribution in [3.8, 4) is 74.3 Å². The molecule has 7 aromatic carbocycles. The van der Waals surface area contributed by atoms with Crippen LogP contribution in [0.2, 0.25) is 0 Å². The van der Waals surface area contributed by atoms with Gasteiger partial charge in [-0.1, -0.05) is 158 Å². The molecule has 11 rings (SSSR count). The fraction of sp³-hybridized carbons (Fsp3) is 0. The fourth-order valence-electron chi connectivity index (χ4n) is 7.62.